The molecule has 3 N–H and O–H groups in total. The number of benzene rings is 2. The number of guanidine groups is 1. The van der Waals surface area contributed by atoms with Gasteiger partial charge in [-0.05, 0) is 61.9 Å². The number of aliphatic imine (C=N–C) groups is 1. The third-order valence-electron chi connectivity index (χ3n) is 3.91. The van der Waals surface area contributed by atoms with Gasteiger partial charge in [-0.25, -0.2) is 4.39 Å². The van der Waals surface area contributed by atoms with Crippen LogP contribution < -0.4 is 11.1 Å². The maximum absolute atomic E-state index is 12.9. The van der Waals surface area contributed by atoms with Crippen LogP contribution in [0.3, 0.4) is 0 Å². The van der Waals surface area contributed by atoms with Crippen LogP contribution >= 0.6 is 0 Å². The number of nitrogens with zero attached hydrogens (tertiary/aromatic N) is 2. The fourth-order valence-corrected chi connectivity index (χ4v) is 2.33. The molecule has 2 aromatic carbocycles. The van der Waals surface area contributed by atoms with Crippen LogP contribution in [0.4, 0.5) is 10.1 Å². The number of likely N-dealkylation sites (N-methyl/N-ethyl adjacent to an activating group) is 1. The van der Waals surface area contributed by atoms with Crippen LogP contribution in [0.25, 0.3) is 0 Å². The first-order valence-corrected chi connectivity index (χ1v) is 8.01. The van der Waals surface area contributed by atoms with E-state index < -0.39 is 0 Å². The minimum atomic E-state index is -0.212. The molecule has 0 aliphatic rings. The number of anilines is 1. The summed E-state index contributed by atoms with van der Waals surface area (Å²) in [4.78, 5) is 6.47. The largest absolute Gasteiger partial charge is 0.370 e. The number of nitrogens with two attached hydrogens (primary N) is 1. The Balaban J connectivity index is 1.79. The highest BCUT2D eigenvalue weighted by Crippen LogP contribution is 2.13. The zero-order chi connectivity index (χ0) is 17.5. The molecule has 0 heterocycles. The van der Waals surface area contributed by atoms with E-state index in [0.29, 0.717) is 12.5 Å². The maximum atomic E-state index is 12.9. The molecule has 0 saturated carbocycles. The summed E-state index contributed by atoms with van der Waals surface area (Å²) < 4.78 is 12.9. The summed E-state index contributed by atoms with van der Waals surface area (Å²) in [7, 11) is 2.01. The molecule has 0 amide bonds. The van der Waals surface area contributed by atoms with Gasteiger partial charge in [0, 0.05) is 18.8 Å². The van der Waals surface area contributed by atoms with Gasteiger partial charge in [0.15, 0.2) is 5.96 Å². The number of hydrogen-bond donors (Lipinski definition) is 2. The van der Waals surface area contributed by atoms with Crippen molar-refractivity contribution in [3.05, 3.63) is 65.0 Å². The minimum Gasteiger partial charge on any atom is -0.370 e. The summed E-state index contributed by atoms with van der Waals surface area (Å²) >= 11 is 0. The molecule has 0 saturated heterocycles. The highest BCUT2D eigenvalue weighted by Gasteiger charge is 2.01. The van der Waals surface area contributed by atoms with E-state index in [1.807, 2.05) is 13.1 Å². The number of hydrogen-bond acceptors (Lipinski definition) is 2. The molecular formula is C19H25FN4. The van der Waals surface area contributed by atoms with Crippen LogP contribution in [0.1, 0.15) is 16.7 Å². The molecule has 5 heteroatoms. The molecule has 0 radical (unpaired) electrons. The molecule has 0 unspecified atom stereocenters. The second-order valence-electron chi connectivity index (χ2n) is 6.06. The molecule has 128 valence electrons. The summed E-state index contributed by atoms with van der Waals surface area (Å²) in [6, 6.07) is 12.7. The molecular weight excluding hydrogens is 303 g/mol. The minimum absolute atomic E-state index is 0.212. The van der Waals surface area contributed by atoms with Crippen molar-refractivity contribution in [2.45, 2.75) is 20.4 Å². The van der Waals surface area contributed by atoms with Gasteiger partial charge in [0.2, 0.25) is 0 Å². The van der Waals surface area contributed by atoms with Gasteiger partial charge >= 0.3 is 0 Å². The molecule has 0 aromatic heterocycles. The third-order valence-corrected chi connectivity index (χ3v) is 3.91. The second kappa shape index (κ2) is 8.45. The molecule has 0 aliphatic heterocycles. The van der Waals surface area contributed by atoms with Crippen LogP contribution in [0.5, 0.6) is 0 Å². The van der Waals surface area contributed by atoms with Crippen LogP contribution in [0.15, 0.2) is 47.5 Å². The molecule has 0 bridgehead atoms. The smallest absolute Gasteiger partial charge is 0.193 e. The van der Waals surface area contributed by atoms with Gasteiger partial charge in [-0.15, -0.1) is 0 Å². The first-order valence-electron chi connectivity index (χ1n) is 8.01. The van der Waals surface area contributed by atoms with Crippen LogP contribution in [0.2, 0.25) is 0 Å². The van der Waals surface area contributed by atoms with Crippen molar-refractivity contribution in [3.8, 4) is 0 Å². The molecule has 2 aromatic rings. The third kappa shape index (κ3) is 5.66. The van der Waals surface area contributed by atoms with E-state index in [-0.39, 0.29) is 5.82 Å². The van der Waals surface area contributed by atoms with Crippen molar-refractivity contribution in [1.82, 2.24) is 4.90 Å². The number of nitrogens with one attached hydrogen (secondary N) is 1. The van der Waals surface area contributed by atoms with Gasteiger partial charge in [-0.1, -0.05) is 18.2 Å². The predicted molar refractivity (Wildman–Crippen MR) is 98.8 cm³/mol. The molecule has 0 spiro atoms. The monoisotopic (exact) mass is 328 g/mol. The predicted octanol–water partition coefficient (Wildman–Crippen LogP) is 3.30. The Kier molecular flexibility index (Phi) is 6.32. The van der Waals surface area contributed by atoms with Gasteiger partial charge in [-0.2, -0.15) is 0 Å². The van der Waals surface area contributed by atoms with Crippen molar-refractivity contribution in [3.63, 3.8) is 0 Å². The van der Waals surface area contributed by atoms with E-state index in [0.717, 1.165) is 24.3 Å². The van der Waals surface area contributed by atoms with E-state index in [1.54, 1.807) is 12.1 Å². The number of rotatable bonds is 6. The Morgan fingerprint density at radius 2 is 1.83 bits per heavy atom. The Hall–Kier alpha value is -2.40. The average Bonchev–Trinajstić information content (AvgIpc) is 2.53. The normalized spacial score (nSPS) is 11.8. The van der Waals surface area contributed by atoms with Gasteiger partial charge in [-0.3, -0.25) is 4.99 Å². The highest BCUT2D eigenvalue weighted by atomic mass is 19.1. The number of aryl methyl sites for hydroxylation is 2. The van der Waals surface area contributed by atoms with E-state index in [4.69, 9.17) is 5.73 Å². The summed E-state index contributed by atoms with van der Waals surface area (Å²) in [6.07, 6.45) is 0. The van der Waals surface area contributed by atoms with Gasteiger partial charge in [0.1, 0.15) is 5.82 Å². The Bertz CT molecular complexity index is 695. The quantitative estimate of drug-likeness (QED) is 0.632. The van der Waals surface area contributed by atoms with Crippen molar-refractivity contribution in [2.75, 3.05) is 25.5 Å². The summed E-state index contributed by atoms with van der Waals surface area (Å²) in [5.74, 6) is 0.199. The standard InChI is InChI=1S/C19H25FN4/c1-14-4-9-18(12-15(14)2)23-19(21)22-10-11-24(3)13-16-5-7-17(20)8-6-16/h4-9,12H,10-11,13H2,1-3H3,(H3,21,22,23). The molecule has 4 nitrogen and oxygen atoms in total. The molecule has 24 heavy (non-hydrogen) atoms. The van der Waals surface area contributed by atoms with Crippen LogP contribution in [-0.4, -0.2) is 31.0 Å². The molecule has 2 rings (SSSR count). The average molecular weight is 328 g/mol. The lowest BCUT2D eigenvalue weighted by Crippen LogP contribution is -2.26. The Morgan fingerprint density at radius 1 is 1.12 bits per heavy atom. The SMILES string of the molecule is Cc1ccc(NC(N)=NCCN(C)Cc2ccc(F)cc2)cc1C. The maximum Gasteiger partial charge on any atom is 0.193 e. The first-order chi connectivity index (χ1) is 11.4. The van der Waals surface area contributed by atoms with Gasteiger partial charge in [0.05, 0.1) is 6.54 Å². The lowest BCUT2D eigenvalue weighted by Gasteiger charge is -2.15. The second-order valence-corrected chi connectivity index (χ2v) is 6.06. The summed E-state index contributed by atoms with van der Waals surface area (Å²) in [5.41, 5.74) is 10.4. The van der Waals surface area contributed by atoms with E-state index in [9.17, 15) is 4.39 Å². The van der Waals surface area contributed by atoms with Crippen molar-refractivity contribution < 1.29 is 4.39 Å². The van der Waals surface area contributed by atoms with Crippen LogP contribution in [-0.2, 0) is 6.54 Å². The molecule has 0 fully saturated rings. The first kappa shape index (κ1) is 17.9. The lowest BCUT2D eigenvalue weighted by molar-refractivity contribution is 0.336. The van der Waals surface area contributed by atoms with Crippen molar-refractivity contribution in [2.24, 2.45) is 10.7 Å². The fraction of sp³-hybridized carbons (Fsp3) is 0.316. The van der Waals surface area contributed by atoms with Crippen LogP contribution in [0, 0.1) is 19.7 Å². The zero-order valence-corrected chi connectivity index (χ0v) is 14.5. The van der Waals surface area contributed by atoms with Crippen molar-refractivity contribution >= 4 is 11.6 Å². The highest BCUT2D eigenvalue weighted by molar-refractivity contribution is 5.92. The fourth-order valence-electron chi connectivity index (χ4n) is 2.33. The Morgan fingerprint density at radius 3 is 2.50 bits per heavy atom. The number of halogens is 1. The topological polar surface area (TPSA) is 53.6 Å². The van der Waals surface area contributed by atoms with E-state index in [2.05, 4.69) is 41.2 Å². The summed E-state index contributed by atoms with van der Waals surface area (Å²) in [5, 5.41) is 3.11. The van der Waals surface area contributed by atoms with Crippen molar-refractivity contribution in [1.29, 1.82) is 0 Å². The lowest BCUT2D eigenvalue weighted by atomic mass is 10.1. The zero-order valence-electron chi connectivity index (χ0n) is 14.5. The Labute approximate surface area is 143 Å². The van der Waals surface area contributed by atoms with Gasteiger partial charge in [0.25, 0.3) is 0 Å². The molecule has 0 aliphatic carbocycles. The molecule has 0 atom stereocenters. The van der Waals surface area contributed by atoms with E-state index >= 15 is 0 Å². The summed E-state index contributed by atoms with van der Waals surface area (Å²) in [6.45, 7) is 6.26. The van der Waals surface area contributed by atoms with E-state index in [1.165, 1.54) is 23.3 Å². The van der Waals surface area contributed by atoms with Gasteiger partial charge < -0.3 is 16.0 Å².